The molecule has 0 aliphatic heterocycles. The summed E-state index contributed by atoms with van der Waals surface area (Å²) in [4.78, 5) is 1.69. The maximum atomic E-state index is 4.72. The Bertz CT molecular complexity index is 101. The Morgan fingerprint density at radius 2 is 2.25 bits per heavy atom. The average molecular weight is 131 g/mol. The predicted octanol–water partition coefficient (Wildman–Crippen LogP) is 0.993. The van der Waals surface area contributed by atoms with E-state index in [0.29, 0.717) is 5.17 Å². The number of ether oxygens (including phenoxy) is 1. The number of thiocarbonyl (C=S) groups is 1. The molecule has 0 aliphatic carbocycles. The lowest BCUT2D eigenvalue weighted by Crippen LogP contribution is -2.20. The molecule has 0 aliphatic rings. The van der Waals surface area contributed by atoms with Crippen LogP contribution < -0.4 is 0 Å². The zero-order valence-electron chi connectivity index (χ0n) is 5.05. The van der Waals surface area contributed by atoms with E-state index in [9.17, 15) is 0 Å². The van der Waals surface area contributed by atoms with Gasteiger partial charge in [-0.1, -0.05) is 6.58 Å². The van der Waals surface area contributed by atoms with E-state index in [2.05, 4.69) is 6.58 Å². The molecule has 2 nitrogen and oxygen atoms in total. The average Bonchev–Trinajstić information content (AvgIpc) is 1.67. The topological polar surface area (TPSA) is 12.5 Å². The van der Waals surface area contributed by atoms with Crippen LogP contribution in [0.3, 0.4) is 0 Å². The third-order valence-electron chi connectivity index (χ3n) is 0.549. The highest BCUT2D eigenvalue weighted by atomic mass is 32.1. The lowest BCUT2D eigenvalue weighted by molar-refractivity contribution is 0.397. The summed E-state index contributed by atoms with van der Waals surface area (Å²) in [5.74, 6) is 0. The minimum Gasteiger partial charge on any atom is -0.440 e. The van der Waals surface area contributed by atoms with Crippen LogP contribution in [0.25, 0.3) is 0 Å². The molecular weight excluding hydrogens is 122 g/mol. The van der Waals surface area contributed by atoms with Crippen molar-refractivity contribution in [3.8, 4) is 0 Å². The maximum Gasteiger partial charge on any atom is 0.263 e. The van der Waals surface area contributed by atoms with Crippen molar-refractivity contribution >= 4 is 17.4 Å². The normalized spacial score (nSPS) is 7.75. The van der Waals surface area contributed by atoms with Gasteiger partial charge in [0.15, 0.2) is 0 Å². The quantitative estimate of drug-likeness (QED) is 0.389. The van der Waals surface area contributed by atoms with E-state index in [1.54, 1.807) is 4.90 Å². The van der Waals surface area contributed by atoms with Gasteiger partial charge in [0.05, 0.1) is 6.26 Å². The first-order chi connectivity index (χ1) is 3.68. The number of nitrogens with zero attached hydrogens (tertiary/aromatic N) is 1. The van der Waals surface area contributed by atoms with Crippen LogP contribution >= 0.6 is 12.2 Å². The number of hydrogen-bond donors (Lipinski definition) is 0. The Morgan fingerprint density at radius 1 is 1.75 bits per heavy atom. The zero-order valence-corrected chi connectivity index (χ0v) is 5.86. The van der Waals surface area contributed by atoms with Crippen molar-refractivity contribution in [2.24, 2.45) is 0 Å². The molecule has 0 amide bonds. The molecule has 0 aromatic rings. The second kappa shape index (κ2) is 3.43. The molecule has 0 heterocycles. The second-order valence-corrected chi connectivity index (χ2v) is 1.79. The molecule has 46 valence electrons. The van der Waals surface area contributed by atoms with E-state index in [0.717, 1.165) is 0 Å². The van der Waals surface area contributed by atoms with Crippen molar-refractivity contribution in [1.29, 1.82) is 0 Å². The third-order valence-corrected chi connectivity index (χ3v) is 1.01. The Morgan fingerprint density at radius 3 is 2.38 bits per heavy atom. The molecule has 0 atom stereocenters. The van der Waals surface area contributed by atoms with Crippen LogP contribution in [0.1, 0.15) is 0 Å². The Hall–Kier alpha value is -0.570. The fourth-order valence-corrected chi connectivity index (χ4v) is 0.245. The first-order valence-electron chi connectivity index (χ1n) is 2.17. The van der Waals surface area contributed by atoms with Gasteiger partial charge in [-0.3, -0.25) is 0 Å². The molecule has 0 bridgehead atoms. The van der Waals surface area contributed by atoms with Crippen LogP contribution in [0.2, 0.25) is 0 Å². The van der Waals surface area contributed by atoms with Crippen molar-refractivity contribution in [3.05, 3.63) is 12.8 Å². The van der Waals surface area contributed by atoms with Crippen molar-refractivity contribution in [3.63, 3.8) is 0 Å². The lowest BCUT2D eigenvalue weighted by atomic mass is 10.9. The standard InChI is InChI=1S/C5H9NOS/c1-4-7-5(8)6(2)3/h4H,1H2,2-3H3. The van der Waals surface area contributed by atoms with Gasteiger partial charge in [-0.15, -0.1) is 0 Å². The highest BCUT2D eigenvalue weighted by Gasteiger charge is 1.93. The van der Waals surface area contributed by atoms with Gasteiger partial charge in [0.1, 0.15) is 0 Å². The summed E-state index contributed by atoms with van der Waals surface area (Å²) in [6.07, 6.45) is 1.31. The monoisotopic (exact) mass is 131 g/mol. The molecule has 0 N–H and O–H groups in total. The van der Waals surface area contributed by atoms with Gasteiger partial charge in [-0.2, -0.15) is 0 Å². The van der Waals surface area contributed by atoms with Crippen LogP contribution in [0, 0.1) is 0 Å². The maximum absolute atomic E-state index is 4.72. The minimum absolute atomic E-state index is 0.431. The van der Waals surface area contributed by atoms with Gasteiger partial charge in [0, 0.05) is 14.1 Å². The van der Waals surface area contributed by atoms with E-state index in [4.69, 9.17) is 17.0 Å². The van der Waals surface area contributed by atoms with Gasteiger partial charge in [0.25, 0.3) is 5.17 Å². The van der Waals surface area contributed by atoms with Crippen molar-refractivity contribution in [1.82, 2.24) is 4.90 Å². The molecule has 0 fully saturated rings. The van der Waals surface area contributed by atoms with Gasteiger partial charge < -0.3 is 9.64 Å². The molecule has 8 heavy (non-hydrogen) atoms. The highest BCUT2D eigenvalue weighted by Crippen LogP contribution is 1.84. The molecule has 0 saturated carbocycles. The molecule has 0 unspecified atom stereocenters. The van der Waals surface area contributed by atoms with Crippen molar-refractivity contribution in [2.75, 3.05) is 14.1 Å². The molecule has 0 radical (unpaired) electrons. The van der Waals surface area contributed by atoms with Crippen LogP contribution in [0.5, 0.6) is 0 Å². The SMILES string of the molecule is C=COC(=S)N(C)C. The summed E-state index contributed by atoms with van der Waals surface area (Å²) in [6.45, 7) is 3.35. The fourth-order valence-electron chi connectivity index (χ4n) is 0.177. The Labute approximate surface area is 54.7 Å². The summed E-state index contributed by atoms with van der Waals surface area (Å²) >= 11 is 4.71. The largest absolute Gasteiger partial charge is 0.440 e. The molecule has 3 heteroatoms. The van der Waals surface area contributed by atoms with Crippen LogP contribution in [-0.4, -0.2) is 24.2 Å². The summed E-state index contributed by atoms with van der Waals surface area (Å²) < 4.78 is 4.72. The van der Waals surface area contributed by atoms with E-state index < -0.39 is 0 Å². The van der Waals surface area contributed by atoms with E-state index in [1.165, 1.54) is 6.26 Å². The first kappa shape index (κ1) is 7.43. The predicted molar refractivity (Wildman–Crippen MR) is 37.6 cm³/mol. The highest BCUT2D eigenvalue weighted by molar-refractivity contribution is 7.80. The van der Waals surface area contributed by atoms with Gasteiger partial charge in [-0.05, 0) is 12.2 Å². The lowest BCUT2D eigenvalue weighted by Gasteiger charge is -2.09. The Kier molecular flexibility index (Phi) is 3.19. The zero-order chi connectivity index (χ0) is 6.57. The first-order valence-corrected chi connectivity index (χ1v) is 2.58. The molecule has 0 saturated heterocycles. The summed E-state index contributed by atoms with van der Waals surface area (Å²) in [5.41, 5.74) is 0. The number of hydrogen-bond acceptors (Lipinski definition) is 2. The molecular formula is C5H9NOS. The van der Waals surface area contributed by atoms with Crippen LogP contribution in [0.15, 0.2) is 12.8 Å². The van der Waals surface area contributed by atoms with E-state index >= 15 is 0 Å². The van der Waals surface area contributed by atoms with Crippen LogP contribution in [0.4, 0.5) is 0 Å². The fraction of sp³-hybridized carbons (Fsp3) is 0.400. The number of rotatable bonds is 1. The van der Waals surface area contributed by atoms with Gasteiger partial charge in [0.2, 0.25) is 0 Å². The van der Waals surface area contributed by atoms with Crippen LogP contribution in [-0.2, 0) is 4.74 Å². The summed E-state index contributed by atoms with van der Waals surface area (Å²) in [7, 11) is 3.62. The smallest absolute Gasteiger partial charge is 0.263 e. The third kappa shape index (κ3) is 2.58. The van der Waals surface area contributed by atoms with Gasteiger partial charge in [-0.25, -0.2) is 0 Å². The summed E-state index contributed by atoms with van der Waals surface area (Å²) in [5, 5.41) is 0.431. The van der Waals surface area contributed by atoms with E-state index in [-0.39, 0.29) is 0 Å². The summed E-state index contributed by atoms with van der Waals surface area (Å²) in [6, 6.07) is 0. The molecule has 0 aromatic carbocycles. The second-order valence-electron chi connectivity index (χ2n) is 1.44. The molecule has 0 rings (SSSR count). The van der Waals surface area contributed by atoms with E-state index in [1.807, 2.05) is 14.1 Å². The van der Waals surface area contributed by atoms with Crippen molar-refractivity contribution < 1.29 is 4.74 Å². The molecule has 0 aromatic heterocycles. The molecule has 0 spiro atoms. The van der Waals surface area contributed by atoms with Crippen molar-refractivity contribution in [2.45, 2.75) is 0 Å². The van der Waals surface area contributed by atoms with Gasteiger partial charge >= 0.3 is 0 Å². The minimum atomic E-state index is 0.431. The Balaban J connectivity index is 3.48.